The van der Waals surface area contributed by atoms with Crippen LogP contribution in [0.3, 0.4) is 0 Å². The summed E-state index contributed by atoms with van der Waals surface area (Å²) in [4.78, 5) is 13.8. The van der Waals surface area contributed by atoms with Crippen LogP contribution in [-0.4, -0.2) is 40.5 Å². The molecule has 2 aliphatic rings. The normalized spacial score (nSPS) is 23.7. The highest BCUT2D eigenvalue weighted by Crippen LogP contribution is 2.34. The lowest BCUT2D eigenvalue weighted by Gasteiger charge is -2.41. The number of hydrogen-bond donors (Lipinski definition) is 3. The highest BCUT2D eigenvalue weighted by atomic mass is 32.3. The molecule has 1 amide bonds. The third-order valence-corrected chi connectivity index (χ3v) is 7.28. The summed E-state index contributed by atoms with van der Waals surface area (Å²) in [6.45, 7) is 4.51. The summed E-state index contributed by atoms with van der Waals surface area (Å²) in [7, 11) is -3.54. The molecule has 0 bridgehead atoms. The molecule has 1 fully saturated rings. The van der Waals surface area contributed by atoms with Gasteiger partial charge >= 0.3 is 0 Å². The Morgan fingerprint density at radius 3 is 2.55 bits per heavy atom. The summed E-state index contributed by atoms with van der Waals surface area (Å²) < 4.78 is 28.7. The molecule has 1 atom stereocenters. The van der Waals surface area contributed by atoms with E-state index in [-0.39, 0.29) is 5.91 Å². The van der Waals surface area contributed by atoms with Crippen LogP contribution in [0, 0.1) is 0 Å². The van der Waals surface area contributed by atoms with Gasteiger partial charge in [-0.25, -0.2) is 0 Å². The van der Waals surface area contributed by atoms with E-state index in [0.717, 1.165) is 38.2 Å². The lowest BCUT2D eigenvalue weighted by Crippen LogP contribution is -2.58. The number of carbonyl (C=O) groups is 1. The maximum atomic E-state index is 12.9. The minimum atomic E-state index is -3.54. The van der Waals surface area contributed by atoms with E-state index in [1.165, 1.54) is 12.5 Å². The summed E-state index contributed by atoms with van der Waals surface area (Å²) >= 11 is 0. The maximum absolute atomic E-state index is 12.9. The van der Waals surface area contributed by atoms with Gasteiger partial charge in [-0.3, -0.25) is 9.69 Å². The predicted molar refractivity (Wildman–Crippen MR) is 113 cm³/mol. The first-order chi connectivity index (χ1) is 13.9. The number of rotatable bonds is 3. The lowest BCUT2D eigenvalue weighted by atomic mass is 9.88. The van der Waals surface area contributed by atoms with E-state index in [4.69, 9.17) is 0 Å². The molecule has 0 aromatic heterocycles. The molecule has 3 N–H and O–H groups in total. The van der Waals surface area contributed by atoms with Crippen LogP contribution in [0.15, 0.2) is 53.4 Å². The number of nitrogens with zero attached hydrogens (tertiary/aromatic N) is 1. The smallest absolute Gasteiger partial charge is 0.221 e. The maximum Gasteiger partial charge on any atom is 0.221 e. The first-order valence-electron chi connectivity index (χ1n) is 9.81. The molecule has 7 nitrogen and oxygen atoms in total. The molecule has 1 spiro atoms. The van der Waals surface area contributed by atoms with Gasteiger partial charge in [0, 0.05) is 38.8 Å². The monoisotopic (exact) mass is 414 g/mol. The fourth-order valence-corrected chi connectivity index (χ4v) is 5.70. The van der Waals surface area contributed by atoms with E-state index in [9.17, 15) is 13.6 Å². The van der Waals surface area contributed by atoms with Crippen molar-refractivity contribution in [3.05, 3.63) is 54.1 Å². The van der Waals surface area contributed by atoms with Crippen LogP contribution in [0.5, 0.6) is 0 Å². The van der Waals surface area contributed by atoms with Gasteiger partial charge in [0.1, 0.15) is 0 Å². The van der Waals surface area contributed by atoms with Gasteiger partial charge in [0.15, 0.2) is 15.3 Å². The highest BCUT2D eigenvalue weighted by molar-refractivity contribution is 7.96. The number of amides is 1. The third kappa shape index (κ3) is 4.51. The molecule has 4 rings (SSSR count). The van der Waals surface area contributed by atoms with E-state index < -0.39 is 15.9 Å². The number of likely N-dealkylation sites (tertiary alicyclic amines) is 1. The van der Waals surface area contributed by atoms with Crippen molar-refractivity contribution in [2.45, 2.75) is 36.7 Å². The molecule has 2 aromatic carbocycles. The predicted octanol–water partition coefficient (Wildman–Crippen LogP) is 2.60. The highest BCUT2D eigenvalue weighted by Gasteiger charge is 2.44. The third-order valence-electron chi connectivity index (χ3n) is 5.64. The molecule has 1 saturated heterocycles. The molecular weight excluding hydrogens is 388 g/mol. The molecule has 29 heavy (non-hydrogen) atoms. The zero-order valence-electron chi connectivity index (χ0n) is 16.4. The number of carbonyl (C=O) groups excluding carboxylic acids is 1. The number of nitrogens with one attached hydrogen (secondary N) is 3. The molecule has 0 saturated carbocycles. The fraction of sp³-hybridized carbons (Fsp3) is 0.381. The standard InChI is InChI=1S/C21H26N4O3S/c1-16(26)23-18-8-6-17(7-9-18)14-25-12-10-21(11-13-25)15-22-19-4-2-3-5-20(19)29(27,28)24-21/h2-9H,10-15H2,1H3,(H3-,22,23,24,26,27,28). The van der Waals surface area contributed by atoms with Gasteiger partial charge in [-0.2, -0.15) is 0 Å². The van der Waals surface area contributed by atoms with Crippen molar-refractivity contribution in [3.63, 3.8) is 0 Å². The Kier molecular flexibility index (Phi) is 5.44. The molecular formula is C21H26N4O3S. The summed E-state index contributed by atoms with van der Waals surface area (Å²) in [5, 5.41) is 6.10. The SMILES string of the molecule is CC(=O)Nc1ccc(CN2CCC3(CC2)CNc2ccccc2[S+](=O)([O-])N3)cc1. The Morgan fingerprint density at radius 2 is 1.86 bits per heavy atom. The Balaban J connectivity index is 1.39. The van der Waals surface area contributed by atoms with Crippen LogP contribution >= 0.6 is 0 Å². The van der Waals surface area contributed by atoms with Crippen molar-refractivity contribution in [2.24, 2.45) is 0 Å². The Labute approximate surface area is 172 Å². The van der Waals surface area contributed by atoms with Crippen LogP contribution < -0.4 is 15.4 Å². The van der Waals surface area contributed by atoms with Gasteiger partial charge < -0.3 is 15.2 Å². The van der Waals surface area contributed by atoms with Gasteiger partial charge in [-0.1, -0.05) is 28.5 Å². The van der Waals surface area contributed by atoms with Crippen molar-refractivity contribution < 1.29 is 13.6 Å². The Morgan fingerprint density at radius 1 is 1.17 bits per heavy atom. The molecule has 1 unspecified atom stereocenters. The van der Waals surface area contributed by atoms with Crippen molar-refractivity contribution in [1.82, 2.24) is 9.62 Å². The average Bonchev–Trinajstić information content (AvgIpc) is 2.80. The minimum Gasteiger partial charge on any atom is -0.593 e. The summed E-state index contributed by atoms with van der Waals surface area (Å²) in [6, 6.07) is 14.9. The second kappa shape index (κ2) is 7.87. The molecule has 0 aliphatic carbocycles. The number of sulfonamides is 1. The average molecular weight is 415 g/mol. The van der Waals surface area contributed by atoms with E-state index >= 15 is 0 Å². The second-order valence-corrected chi connectivity index (χ2v) is 9.54. The largest absolute Gasteiger partial charge is 0.593 e. The van der Waals surface area contributed by atoms with Crippen LogP contribution in [0.25, 0.3) is 0 Å². The summed E-state index contributed by atoms with van der Waals surface area (Å²) in [5.41, 5.74) is 2.15. The van der Waals surface area contributed by atoms with Gasteiger partial charge in [0.2, 0.25) is 5.91 Å². The molecule has 2 aromatic rings. The van der Waals surface area contributed by atoms with Crippen LogP contribution in [0.2, 0.25) is 0 Å². The van der Waals surface area contributed by atoms with Crippen molar-refractivity contribution in [1.29, 1.82) is 0 Å². The van der Waals surface area contributed by atoms with Gasteiger partial charge in [0.25, 0.3) is 0 Å². The van der Waals surface area contributed by atoms with E-state index in [0.29, 0.717) is 17.1 Å². The van der Waals surface area contributed by atoms with Crippen LogP contribution in [-0.2, 0) is 25.9 Å². The molecule has 2 aliphatic heterocycles. The fourth-order valence-electron chi connectivity index (χ4n) is 4.06. The van der Waals surface area contributed by atoms with Crippen molar-refractivity contribution in [3.8, 4) is 0 Å². The summed E-state index contributed by atoms with van der Waals surface area (Å²) in [6.07, 6.45) is 1.49. The quantitative estimate of drug-likeness (QED) is 0.671. The van der Waals surface area contributed by atoms with Crippen LogP contribution in [0.4, 0.5) is 11.4 Å². The van der Waals surface area contributed by atoms with Crippen molar-refractivity contribution in [2.75, 3.05) is 30.3 Å². The topological polar surface area (TPSA) is 96.5 Å². The summed E-state index contributed by atoms with van der Waals surface area (Å²) in [5.74, 6) is -0.0827. The zero-order chi connectivity index (χ0) is 20.5. The van der Waals surface area contributed by atoms with Gasteiger partial charge in [-0.05, 0) is 42.7 Å². The van der Waals surface area contributed by atoms with E-state index in [1.807, 2.05) is 36.4 Å². The van der Waals surface area contributed by atoms with E-state index in [2.05, 4.69) is 20.3 Å². The van der Waals surface area contributed by atoms with Crippen molar-refractivity contribution >= 4 is 27.7 Å². The zero-order valence-corrected chi connectivity index (χ0v) is 17.3. The number of fused-ring (bicyclic) bond motifs is 1. The number of piperidine rings is 1. The lowest BCUT2D eigenvalue weighted by molar-refractivity contribution is -0.114. The minimum absolute atomic E-state index is 0.0827. The Bertz CT molecular complexity index is 939. The number of hydrogen-bond acceptors (Lipinski definition) is 5. The van der Waals surface area contributed by atoms with Gasteiger partial charge in [-0.15, -0.1) is 4.72 Å². The van der Waals surface area contributed by atoms with Gasteiger partial charge in [0.05, 0.1) is 11.2 Å². The molecule has 2 heterocycles. The molecule has 154 valence electrons. The number of anilines is 2. The second-order valence-electron chi connectivity index (χ2n) is 7.89. The number of benzene rings is 2. The molecule has 8 heteroatoms. The first-order valence-corrected chi connectivity index (χ1v) is 11.3. The van der Waals surface area contributed by atoms with Crippen LogP contribution in [0.1, 0.15) is 25.3 Å². The number of para-hydroxylation sites is 1. The van der Waals surface area contributed by atoms with E-state index in [1.54, 1.807) is 12.1 Å². The first kappa shape index (κ1) is 20.0. The Hall–Kier alpha value is -2.26. The molecule has 0 radical (unpaired) electrons.